The van der Waals surface area contributed by atoms with E-state index >= 15 is 0 Å². The summed E-state index contributed by atoms with van der Waals surface area (Å²) in [5, 5.41) is 1.90. The average Bonchev–Trinajstić information content (AvgIpc) is 2.26. The predicted molar refractivity (Wildman–Crippen MR) is 69.7 cm³/mol. The molecular weight excluding hydrogens is 262 g/mol. The van der Waals surface area contributed by atoms with Gasteiger partial charge in [0.25, 0.3) is 10.0 Å². The van der Waals surface area contributed by atoms with Crippen molar-refractivity contribution in [2.24, 2.45) is 4.40 Å². The van der Waals surface area contributed by atoms with Crippen LogP contribution in [0.1, 0.15) is 13.3 Å². The van der Waals surface area contributed by atoms with Gasteiger partial charge in [0.15, 0.2) is 0 Å². The van der Waals surface area contributed by atoms with Gasteiger partial charge in [-0.3, -0.25) is 0 Å². The topological polar surface area (TPSA) is 46.5 Å². The summed E-state index contributed by atoms with van der Waals surface area (Å²) in [7, 11) is -3.68. The quantitative estimate of drug-likeness (QED) is 0.470. The second-order valence-electron chi connectivity index (χ2n) is 2.95. The standard InChI is InChI=1S/C10H11NO2S3/c1-2-7-15-9-5-3-4-6-10(9)16(12,13)11-8-14/h3-6H,2,7H2,1H3. The van der Waals surface area contributed by atoms with Crippen LogP contribution < -0.4 is 0 Å². The molecule has 0 saturated heterocycles. The van der Waals surface area contributed by atoms with E-state index in [1.807, 2.05) is 12.1 Å². The first kappa shape index (κ1) is 13.4. The number of hydrogen-bond donors (Lipinski definition) is 0. The van der Waals surface area contributed by atoms with E-state index in [-0.39, 0.29) is 4.90 Å². The average molecular weight is 273 g/mol. The summed E-state index contributed by atoms with van der Waals surface area (Å²) in [6.45, 7) is 2.04. The SMILES string of the molecule is CCCSc1ccccc1S(=O)(=O)N=C=S. The molecule has 1 rings (SSSR count). The Bertz CT molecular complexity index is 505. The largest absolute Gasteiger partial charge is 0.291 e. The maximum absolute atomic E-state index is 11.7. The van der Waals surface area contributed by atoms with E-state index in [1.54, 1.807) is 18.2 Å². The van der Waals surface area contributed by atoms with Crippen LogP contribution in [0.15, 0.2) is 38.5 Å². The highest BCUT2D eigenvalue weighted by Gasteiger charge is 2.16. The Morgan fingerprint density at radius 3 is 2.75 bits per heavy atom. The van der Waals surface area contributed by atoms with Crippen molar-refractivity contribution in [3.63, 3.8) is 0 Å². The monoisotopic (exact) mass is 273 g/mol. The lowest BCUT2D eigenvalue weighted by atomic mass is 10.4. The van der Waals surface area contributed by atoms with Crippen molar-refractivity contribution in [3.8, 4) is 0 Å². The number of isothiocyanates is 1. The van der Waals surface area contributed by atoms with Crippen molar-refractivity contribution >= 4 is 39.2 Å². The third-order valence-corrected chi connectivity index (χ3v) is 4.61. The zero-order valence-electron chi connectivity index (χ0n) is 8.71. The van der Waals surface area contributed by atoms with E-state index in [0.717, 1.165) is 12.2 Å². The fourth-order valence-electron chi connectivity index (χ4n) is 1.09. The predicted octanol–water partition coefficient (Wildman–Crippen LogP) is 2.98. The second-order valence-corrected chi connectivity index (χ2v) is 5.84. The van der Waals surface area contributed by atoms with Gasteiger partial charge in [0, 0.05) is 4.90 Å². The molecule has 0 aliphatic rings. The number of thiocarbonyl (C=S) groups is 1. The minimum absolute atomic E-state index is 0.200. The van der Waals surface area contributed by atoms with Gasteiger partial charge in [-0.1, -0.05) is 19.1 Å². The Morgan fingerprint density at radius 2 is 2.12 bits per heavy atom. The molecule has 6 heteroatoms. The van der Waals surface area contributed by atoms with Crippen molar-refractivity contribution in [3.05, 3.63) is 24.3 Å². The first-order valence-corrected chi connectivity index (χ1v) is 7.51. The molecule has 0 aliphatic heterocycles. The Balaban J connectivity index is 3.18. The lowest BCUT2D eigenvalue weighted by Crippen LogP contribution is -1.98. The van der Waals surface area contributed by atoms with Crippen LogP contribution in [-0.2, 0) is 10.0 Å². The number of nitrogens with zero attached hydrogens (tertiary/aromatic N) is 1. The number of hydrogen-bond acceptors (Lipinski definition) is 4. The molecule has 16 heavy (non-hydrogen) atoms. The highest BCUT2D eigenvalue weighted by molar-refractivity contribution is 8.00. The molecule has 0 aliphatic carbocycles. The second kappa shape index (κ2) is 6.15. The molecule has 0 N–H and O–H groups in total. The van der Waals surface area contributed by atoms with Gasteiger partial charge in [-0.2, -0.15) is 8.42 Å². The van der Waals surface area contributed by atoms with Crippen LogP contribution in [0.5, 0.6) is 0 Å². The number of rotatable bonds is 5. The van der Waals surface area contributed by atoms with Gasteiger partial charge in [0.05, 0.1) is 5.16 Å². The van der Waals surface area contributed by atoms with E-state index in [4.69, 9.17) is 0 Å². The highest BCUT2D eigenvalue weighted by Crippen LogP contribution is 2.27. The summed E-state index contributed by atoms with van der Waals surface area (Å²) in [6, 6.07) is 6.77. The van der Waals surface area contributed by atoms with Crippen molar-refractivity contribution in [2.45, 2.75) is 23.1 Å². The number of benzene rings is 1. The summed E-state index contributed by atoms with van der Waals surface area (Å²) in [5.74, 6) is 0.869. The molecular formula is C10H11NO2S3. The molecule has 86 valence electrons. The van der Waals surface area contributed by atoms with E-state index in [0.29, 0.717) is 4.90 Å². The minimum atomic E-state index is -3.68. The van der Waals surface area contributed by atoms with Crippen LogP contribution in [0, 0.1) is 0 Å². The normalized spacial score (nSPS) is 10.8. The van der Waals surface area contributed by atoms with Gasteiger partial charge in [0.1, 0.15) is 4.90 Å². The van der Waals surface area contributed by atoms with Gasteiger partial charge in [-0.25, -0.2) is 0 Å². The van der Waals surface area contributed by atoms with Crippen LogP contribution in [0.3, 0.4) is 0 Å². The summed E-state index contributed by atoms with van der Waals surface area (Å²) >= 11 is 5.83. The molecule has 0 spiro atoms. The lowest BCUT2D eigenvalue weighted by molar-refractivity contribution is 0.596. The minimum Gasteiger partial charge on any atom is -0.199 e. The van der Waals surface area contributed by atoms with E-state index in [9.17, 15) is 8.42 Å². The fourth-order valence-corrected chi connectivity index (χ4v) is 3.46. The number of sulfonamides is 1. The Labute approximate surface area is 105 Å². The van der Waals surface area contributed by atoms with Crippen LogP contribution in [0.2, 0.25) is 0 Å². The lowest BCUT2D eigenvalue weighted by Gasteiger charge is -2.05. The van der Waals surface area contributed by atoms with Crippen molar-refractivity contribution in [1.82, 2.24) is 0 Å². The Kier molecular flexibility index (Phi) is 5.15. The van der Waals surface area contributed by atoms with Crippen molar-refractivity contribution in [1.29, 1.82) is 0 Å². The molecule has 3 nitrogen and oxygen atoms in total. The van der Waals surface area contributed by atoms with Crippen molar-refractivity contribution < 1.29 is 8.42 Å². The molecule has 0 heterocycles. The van der Waals surface area contributed by atoms with E-state index < -0.39 is 10.0 Å². The first-order valence-electron chi connectivity index (χ1n) is 4.68. The highest BCUT2D eigenvalue weighted by atomic mass is 32.2. The zero-order chi connectivity index (χ0) is 12.0. The van der Waals surface area contributed by atoms with Crippen LogP contribution >= 0.6 is 24.0 Å². The molecule has 0 fully saturated rings. The van der Waals surface area contributed by atoms with Crippen molar-refractivity contribution in [2.75, 3.05) is 5.75 Å². The number of thioether (sulfide) groups is 1. The molecule has 0 atom stereocenters. The maximum atomic E-state index is 11.7. The van der Waals surface area contributed by atoms with Gasteiger partial charge >= 0.3 is 0 Å². The van der Waals surface area contributed by atoms with E-state index in [2.05, 4.69) is 16.6 Å². The molecule has 0 saturated carbocycles. The smallest absolute Gasteiger partial charge is 0.199 e. The molecule has 0 unspecified atom stereocenters. The van der Waals surface area contributed by atoms with Crippen LogP contribution in [0.25, 0.3) is 0 Å². The summed E-state index contributed by atoms with van der Waals surface area (Å²) < 4.78 is 26.6. The van der Waals surface area contributed by atoms with Crippen LogP contribution in [0.4, 0.5) is 0 Å². The summed E-state index contributed by atoms with van der Waals surface area (Å²) in [5.41, 5.74) is 0. The third-order valence-electron chi connectivity index (χ3n) is 1.75. The van der Waals surface area contributed by atoms with Gasteiger partial charge in [-0.15, -0.1) is 16.2 Å². The van der Waals surface area contributed by atoms with Gasteiger partial charge < -0.3 is 0 Å². The summed E-state index contributed by atoms with van der Waals surface area (Å²) in [6.07, 6.45) is 0.982. The summed E-state index contributed by atoms with van der Waals surface area (Å²) in [4.78, 5) is 0.907. The molecule has 0 aromatic heterocycles. The van der Waals surface area contributed by atoms with Gasteiger partial charge in [0.2, 0.25) is 0 Å². The van der Waals surface area contributed by atoms with Gasteiger partial charge in [-0.05, 0) is 36.5 Å². The van der Waals surface area contributed by atoms with Crippen LogP contribution in [-0.4, -0.2) is 19.3 Å². The molecule has 1 aromatic rings. The molecule has 1 aromatic carbocycles. The Morgan fingerprint density at radius 1 is 1.44 bits per heavy atom. The fraction of sp³-hybridized carbons (Fsp3) is 0.300. The molecule has 0 bridgehead atoms. The Hall–Kier alpha value is -0.680. The third kappa shape index (κ3) is 3.42. The molecule has 0 radical (unpaired) electrons. The zero-order valence-corrected chi connectivity index (χ0v) is 11.2. The maximum Gasteiger partial charge on any atom is 0.291 e. The first-order chi connectivity index (χ1) is 7.61. The van der Waals surface area contributed by atoms with E-state index in [1.165, 1.54) is 17.8 Å². The molecule has 0 amide bonds.